The van der Waals surface area contributed by atoms with Crippen molar-refractivity contribution in [2.75, 3.05) is 19.0 Å². The number of pyridine rings is 2. The molecule has 1 atom stereocenters. The fourth-order valence-corrected chi connectivity index (χ4v) is 5.60. The van der Waals surface area contributed by atoms with E-state index in [1.54, 1.807) is 48.7 Å². The van der Waals surface area contributed by atoms with Crippen molar-refractivity contribution in [2.45, 2.75) is 25.4 Å². The number of halogens is 2. The lowest BCUT2D eigenvalue weighted by Crippen LogP contribution is -2.41. The zero-order valence-corrected chi connectivity index (χ0v) is 25.4. The van der Waals surface area contributed by atoms with Gasteiger partial charge in [0.2, 0.25) is 5.91 Å². The van der Waals surface area contributed by atoms with Crippen LogP contribution in [0.25, 0.3) is 22.4 Å². The highest BCUT2D eigenvalue weighted by Gasteiger charge is 2.26. The molecule has 1 aliphatic rings. The van der Waals surface area contributed by atoms with Crippen molar-refractivity contribution < 1.29 is 29.0 Å². The lowest BCUT2D eigenvalue weighted by Gasteiger charge is -2.24. The predicted octanol–water partition coefficient (Wildman–Crippen LogP) is 5.95. The molecule has 0 unspecified atom stereocenters. The number of hydrogen-bond acceptors (Lipinski definition) is 7. The van der Waals surface area contributed by atoms with Gasteiger partial charge in [-0.2, -0.15) is 0 Å². The second-order valence-electron chi connectivity index (χ2n) is 10.2. The van der Waals surface area contributed by atoms with Crippen LogP contribution < -0.4 is 15.4 Å². The SMILES string of the molecule is COc1cc(-c2nccc(-c3cccc(NC(=O)c4ccc(C=O)cn4)c3Cl)c2Cl)ccc1CN(C[C@@H]1CCC(=O)N1)C(=O)O. The van der Waals surface area contributed by atoms with E-state index in [0.717, 1.165) is 0 Å². The zero-order valence-electron chi connectivity index (χ0n) is 23.9. The van der Waals surface area contributed by atoms with Gasteiger partial charge in [0.25, 0.3) is 5.91 Å². The van der Waals surface area contributed by atoms with Gasteiger partial charge < -0.3 is 25.4 Å². The van der Waals surface area contributed by atoms with Gasteiger partial charge in [0.1, 0.15) is 11.4 Å². The van der Waals surface area contributed by atoms with E-state index >= 15 is 0 Å². The number of aldehydes is 1. The van der Waals surface area contributed by atoms with Crippen molar-refractivity contribution in [1.82, 2.24) is 20.2 Å². The molecule has 3 heterocycles. The Morgan fingerprint density at radius 1 is 1.11 bits per heavy atom. The van der Waals surface area contributed by atoms with Gasteiger partial charge in [0.15, 0.2) is 6.29 Å². The molecule has 11 nitrogen and oxygen atoms in total. The van der Waals surface area contributed by atoms with Crippen LogP contribution in [0.3, 0.4) is 0 Å². The van der Waals surface area contributed by atoms with Crippen molar-refractivity contribution in [1.29, 1.82) is 0 Å². The van der Waals surface area contributed by atoms with E-state index < -0.39 is 12.0 Å². The lowest BCUT2D eigenvalue weighted by molar-refractivity contribution is -0.119. The molecule has 3 N–H and O–H groups in total. The van der Waals surface area contributed by atoms with Crippen molar-refractivity contribution in [3.05, 3.63) is 93.9 Å². The van der Waals surface area contributed by atoms with Crippen LogP contribution in [0.2, 0.25) is 10.0 Å². The Hall–Kier alpha value is -5.00. The highest BCUT2D eigenvalue weighted by atomic mass is 35.5. The van der Waals surface area contributed by atoms with Gasteiger partial charge in [0, 0.05) is 59.2 Å². The summed E-state index contributed by atoms with van der Waals surface area (Å²) in [5.74, 6) is -0.152. The number of nitrogens with zero attached hydrogens (tertiary/aromatic N) is 3. The molecule has 0 saturated carbocycles. The Morgan fingerprint density at radius 2 is 1.91 bits per heavy atom. The van der Waals surface area contributed by atoms with Gasteiger partial charge in [-0.1, -0.05) is 47.5 Å². The third kappa shape index (κ3) is 7.05. The minimum atomic E-state index is -1.11. The Kier molecular flexibility index (Phi) is 9.60. The van der Waals surface area contributed by atoms with Crippen LogP contribution in [0, 0.1) is 0 Å². The molecule has 2 aromatic heterocycles. The molecular weight excluding hydrogens is 621 g/mol. The smallest absolute Gasteiger partial charge is 0.407 e. The first-order valence-corrected chi connectivity index (χ1v) is 14.5. The van der Waals surface area contributed by atoms with Crippen molar-refractivity contribution in [2.24, 2.45) is 0 Å². The van der Waals surface area contributed by atoms with Crippen molar-refractivity contribution in [3.8, 4) is 28.1 Å². The van der Waals surface area contributed by atoms with E-state index in [1.807, 2.05) is 0 Å². The van der Waals surface area contributed by atoms with E-state index in [9.17, 15) is 24.3 Å². The van der Waals surface area contributed by atoms with Crippen molar-refractivity contribution in [3.63, 3.8) is 0 Å². The lowest BCUT2D eigenvalue weighted by atomic mass is 10.0. The maximum atomic E-state index is 12.8. The van der Waals surface area contributed by atoms with E-state index in [1.165, 1.54) is 30.3 Å². The first-order valence-electron chi connectivity index (χ1n) is 13.8. The summed E-state index contributed by atoms with van der Waals surface area (Å²) in [7, 11) is 1.49. The molecule has 1 aliphatic heterocycles. The topological polar surface area (TPSA) is 151 Å². The third-order valence-corrected chi connectivity index (χ3v) is 8.09. The monoisotopic (exact) mass is 647 g/mol. The van der Waals surface area contributed by atoms with Crippen LogP contribution in [0.1, 0.15) is 39.3 Å². The molecule has 4 aromatic rings. The fourth-order valence-electron chi connectivity index (χ4n) is 5.00. The summed E-state index contributed by atoms with van der Waals surface area (Å²) in [6.07, 6.45) is 3.37. The largest absolute Gasteiger partial charge is 0.496 e. The van der Waals surface area contributed by atoms with Crippen LogP contribution in [0.4, 0.5) is 10.5 Å². The van der Waals surface area contributed by atoms with Gasteiger partial charge in [0.05, 0.1) is 35.1 Å². The van der Waals surface area contributed by atoms with E-state index in [4.69, 9.17) is 27.9 Å². The molecule has 3 amide bonds. The quantitative estimate of drug-likeness (QED) is 0.179. The second-order valence-corrected chi connectivity index (χ2v) is 11.0. The molecule has 45 heavy (non-hydrogen) atoms. The number of nitrogens with one attached hydrogen (secondary N) is 2. The standard InChI is InChI=1S/C32H27Cl2N5O6/c1-45-26-13-19(6-7-20(26)15-39(32(43)44)16-21-8-10-27(41)37-21)30-29(34)23(11-12-35-30)22-3-2-4-24(28(22)33)38-31(42)25-9-5-18(17-40)14-36-25/h2-7,9,11-14,17,21H,8,10,15-16H2,1H3,(H,37,41)(H,38,42)(H,43,44)/t21-/m0/s1. The number of benzene rings is 2. The minimum absolute atomic E-state index is 0.0528. The highest BCUT2D eigenvalue weighted by molar-refractivity contribution is 6.39. The molecule has 1 fully saturated rings. The van der Waals surface area contributed by atoms with Crippen LogP contribution in [0.15, 0.2) is 67.0 Å². The van der Waals surface area contributed by atoms with E-state index in [0.29, 0.717) is 69.1 Å². The number of rotatable bonds is 10. The average molecular weight is 649 g/mol. The van der Waals surface area contributed by atoms with Crippen molar-refractivity contribution >= 4 is 53.1 Å². The zero-order chi connectivity index (χ0) is 32.1. The summed E-state index contributed by atoms with van der Waals surface area (Å²) in [5, 5.41) is 15.9. The number of carboxylic acid groups (broad SMARTS) is 1. The first-order chi connectivity index (χ1) is 21.7. The summed E-state index contributed by atoms with van der Waals surface area (Å²) in [4.78, 5) is 57.0. The van der Waals surface area contributed by atoms with Gasteiger partial charge >= 0.3 is 6.09 Å². The summed E-state index contributed by atoms with van der Waals surface area (Å²) in [6.45, 7) is 0.210. The van der Waals surface area contributed by atoms with Gasteiger partial charge in [-0.25, -0.2) is 4.79 Å². The Morgan fingerprint density at radius 3 is 2.58 bits per heavy atom. The molecule has 1 saturated heterocycles. The van der Waals surface area contributed by atoms with E-state index in [-0.39, 0.29) is 35.8 Å². The summed E-state index contributed by atoms with van der Waals surface area (Å²) < 4.78 is 5.61. The minimum Gasteiger partial charge on any atom is -0.496 e. The molecule has 2 aromatic carbocycles. The normalized spacial score (nSPS) is 14.0. The second kappa shape index (κ2) is 13.7. The molecule has 0 spiro atoms. The summed E-state index contributed by atoms with van der Waals surface area (Å²) >= 11 is 13.6. The molecule has 13 heteroatoms. The number of hydrogen-bond donors (Lipinski definition) is 3. The van der Waals surface area contributed by atoms with Crippen LogP contribution in [-0.2, 0) is 11.3 Å². The Bertz CT molecular complexity index is 1780. The molecule has 230 valence electrons. The number of carbonyl (C=O) groups excluding carboxylic acids is 3. The van der Waals surface area contributed by atoms with Crippen LogP contribution in [-0.4, -0.2) is 63.9 Å². The van der Waals surface area contributed by atoms with Gasteiger partial charge in [-0.3, -0.25) is 24.4 Å². The maximum absolute atomic E-state index is 12.8. The third-order valence-electron chi connectivity index (χ3n) is 7.30. The number of aromatic nitrogens is 2. The number of anilines is 1. The van der Waals surface area contributed by atoms with E-state index in [2.05, 4.69) is 20.6 Å². The number of amides is 3. The molecule has 0 aliphatic carbocycles. The fraction of sp³-hybridized carbons (Fsp3) is 0.188. The van der Waals surface area contributed by atoms with Gasteiger partial charge in [-0.05, 0) is 36.8 Å². The molecule has 5 rings (SSSR count). The molecular formula is C32H27Cl2N5O6. The Labute approximate surface area is 268 Å². The number of carbonyl (C=O) groups is 4. The number of methoxy groups -OCH3 is 1. The predicted molar refractivity (Wildman–Crippen MR) is 169 cm³/mol. The first kappa shape index (κ1) is 31.4. The average Bonchev–Trinajstić information content (AvgIpc) is 3.46. The molecule has 0 radical (unpaired) electrons. The highest BCUT2D eigenvalue weighted by Crippen LogP contribution is 2.41. The van der Waals surface area contributed by atoms with Crippen LogP contribution >= 0.6 is 23.2 Å². The molecule has 0 bridgehead atoms. The Balaban J connectivity index is 1.40. The number of ether oxygens (including phenoxy) is 1. The summed E-state index contributed by atoms with van der Waals surface area (Å²) in [6, 6.07) is 14.8. The maximum Gasteiger partial charge on any atom is 0.407 e. The summed E-state index contributed by atoms with van der Waals surface area (Å²) in [5.41, 5.74) is 3.59. The van der Waals surface area contributed by atoms with Gasteiger partial charge in [-0.15, -0.1) is 0 Å². The van der Waals surface area contributed by atoms with Crippen LogP contribution in [0.5, 0.6) is 5.75 Å².